The molecule has 0 aliphatic rings. The monoisotopic (exact) mass is 225 g/mol. The third kappa shape index (κ3) is 2.73. The molecule has 17 heavy (non-hydrogen) atoms. The maximum atomic E-state index is 4.32. The summed E-state index contributed by atoms with van der Waals surface area (Å²) in [5.41, 5.74) is 7.85. The van der Waals surface area contributed by atoms with Crippen LogP contribution in [-0.2, 0) is 6.42 Å². The number of aromatic nitrogens is 1. The average molecular weight is 225 g/mol. The molecule has 0 amide bonds. The van der Waals surface area contributed by atoms with Gasteiger partial charge in [-0.15, -0.1) is 0 Å². The Balaban J connectivity index is 2.34. The first kappa shape index (κ1) is 11.8. The molecule has 1 aromatic carbocycles. The summed E-state index contributed by atoms with van der Waals surface area (Å²) in [6.07, 6.45) is 2.97. The molecule has 1 aromatic heterocycles. The van der Waals surface area contributed by atoms with Crippen molar-refractivity contribution in [2.75, 3.05) is 0 Å². The number of aryl methyl sites for hydroxylation is 4. The van der Waals surface area contributed by atoms with Gasteiger partial charge in [-0.25, -0.2) is 0 Å². The third-order valence-electron chi connectivity index (χ3n) is 3.23. The molecule has 2 rings (SSSR count). The first-order chi connectivity index (χ1) is 8.06. The van der Waals surface area contributed by atoms with Crippen molar-refractivity contribution in [2.24, 2.45) is 0 Å². The van der Waals surface area contributed by atoms with Crippen molar-refractivity contribution >= 4 is 0 Å². The maximum absolute atomic E-state index is 4.32. The number of nitrogens with zero attached hydrogens (tertiary/aromatic N) is 1. The summed E-state index contributed by atoms with van der Waals surface area (Å²) in [7, 11) is 0. The summed E-state index contributed by atoms with van der Waals surface area (Å²) < 4.78 is 0. The number of hydrogen-bond acceptors (Lipinski definition) is 1. The number of pyridine rings is 1. The smallest absolute Gasteiger partial charge is 0.0375 e. The number of benzene rings is 1. The Kier molecular flexibility index (Phi) is 3.28. The lowest BCUT2D eigenvalue weighted by Gasteiger charge is -2.10. The van der Waals surface area contributed by atoms with Gasteiger partial charge in [-0.3, -0.25) is 4.98 Å². The van der Waals surface area contributed by atoms with Crippen LogP contribution in [0.1, 0.15) is 33.5 Å². The van der Waals surface area contributed by atoms with Crippen LogP contribution in [0.3, 0.4) is 0 Å². The zero-order chi connectivity index (χ0) is 12.4. The highest BCUT2D eigenvalue weighted by Crippen LogP contribution is 2.18. The second-order valence-electron chi connectivity index (χ2n) is 4.86. The summed E-state index contributed by atoms with van der Waals surface area (Å²) in [4.78, 5) is 4.32. The van der Waals surface area contributed by atoms with E-state index in [-0.39, 0.29) is 0 Å². The summed E-state index contributed by atoms with van der Waals surface area (Å²) >= 11 is 0. The third-order valence-corrected chi connectivity index (χ3v) is 3.23. The Morgan fingerprint density at radius 1 is 0.882 bits per heavy atom. The quantitative estimate of drug-likeness (QED) is 0.755. The highest BCUT2D eigenvalue weighted by Gasteiger charge is 2.04. The van der Waals surface area contributed by atoms with Gasteiger partial charge in [-0.05, 0) is 62.4 Å². The predicted octanol–water partition coefficient (Wildman–Crippen LogP) is 3.91. The van der Waals surface area contributed by atoms with Gasteiger partial charge in [-0.2, -0.15) is 0 Å². The van der Waals surface area contributed by atoms with E-state index in [2.05, 4.69) is 50.0 Å². The van der Waals surface area contributed by atoms with Crippen molar-refractivity contribution < 1.29 is 0 Å². The second kappa shape index (κ2) is 4.70. The van der Waals surface area contributed by atoms with Crippen LogP contribution >= 0.6 is 0 Å². The van der Waals surface area contributed by atoms with Gasteiger partial charge in [-0.1, -0.05) is 23.8 Å². The molecule has 0 atom stereocenters. The lowest BCUT2D eigenvalue weighted by molar-refractivity contribution is 1.07. The van der Waals surface area contributed by atoms with Crippen molar-refractivity contribution in [1.82, 2.24) is 4.98 Å². The van der Waals surface area contributed by atoms with Gasteiger partial charge in [0.05, 0.1) is 0 Å². The van der Waals surface area contributed by atoms with E-state index >= 15 is 0 Å². The Labute approximate surface area is 104 Å². The number of hydrogen-bond donors (Lipinski definition) is 0. The van der Waals surface area contributed by atoms with Crippen LogP contribution < -0.4 is 0 Å². The molecular weight excluding hydrogens is 206 g/mol. The topological polar surface area (TPSA) is 12.9 Å². The molecule has 0 aliphatic carbocycles. The van der Waals surface area contributed by atoms with Crippen LogP contribution in [-0.4, -0.2) is 4.98 Å². The lowest BCUT2D eigenvalue weighted by atomic mass is 9.97. The molecule has 88 valence electrons. The zero-order valence-electron chi connectivity index (χ0n) is 11.0. The fourth-order valence-electron chi connectivity index (χ4n) is 2.12. The summed E-state index contributed by atoms with van der Waals surface area (Å²) in [5, 5.41) is 0. The molecule has 1 heteroatoms. The first-order valence-corrected chi connectivity index (χ1v) is 6.04. The molecule has 0 bridgehead atoms. The van der Waals surface area contributed by atoms with Crippen LogP contribution in [0.25, 0.3) is 0 Å². The fourth-order valence-corrected chi connectivity index (χ4v) is 2.12. The van der Waals surface area contributed by atoms with Crippen molar-refractivity contribution in [1.29, 1.82) is 0 Å². The Morgan fingerprint density at radius 2 is 1.65 bits per heavy atom. The second-order valence-corrected chi connectivity index (χ2v) is 4.86. The molecule has 0 radical (unpaired) electrons. The standard InChI is InChI=1S/C16H19N/c1-11-5-6-15(12(2)7-11)9-16-8-14(4)17-10-13(16)3/h5-8,10H,9H2,1-4H3. The van der Waals surface area contributed by atoms with Crippen molar-refractivity contribution in [3.8, 4) is 0 Å². The van der Waals surface area contributed by atoms with Crippen LogP contribution in [0.5, 0.6) is 0 Å². The normalized spacial score (nSPS) is 10.6. The highest BCUT2D eigenvalue weighted by atomic mass is 14.7. The Hall–Kier alpha value is -1.63. The molecule has 0 unspecified atom stereocenters. The van der Waals surface area contributed by atoms with E-state index in [4.69, 9.17) is 0 Å². The SMILES string of the molecule is Cc1ccc(Cc2cc(C)ncc2C)c(C)c1. The van der Waals surface area contributed by atoms with Crippen molar-refractivity contribution in [3.63, 3.8) is 0 Å². The maximum Gasteiger partial charge on any atom is 0.0375 e. The van der Waals surface area contributed by atoms with E-state index < -0.39 is 0 Å². The minimum absolute atomic E-state index is 1.00. The molecule has 0 saturated carbocycles. The fraction of sp³-hybridized carbons (Fsp3) is 0.312. The Bertz CT molecular complexity index is 541. The predicted molar refractivity (Wildman–Crippen MR) is 72.4 cm³/mol. The van der Waals surface area contributed by atoms with E-state index in [9.17, 15) is 0 Å². The number of rotatable bonds is 2. The first-order valence-electron chi connectivity index (χ1n) is 6.04. The lowest BCUT2D eigenvalue weighted by Crippen LogP contribution is -1.97. The van der Waals surface area contributed by atoms with Crippen LogP contribution in [0.15, 0.2) is 30.5 Å². The van der Waals surface area contributed by atoms with Gasteiger partial charge >= 0.3 is 0 Å². The van der Waals surface area contributed by atoms with Gasteiger partial charge in [0.2, 0.25) is 0 Å². The van der Waals surface area contributed by atoms with Crippen molar-refractivity contribution in [2.45, 2.75) is 34.1 Å². The van der Waals surface area contributed by atoms with E-state index in [0.29, 0.717) is 0 Å². The average Bonchev–Trinajstić information content (AvgIpc) is 2.27. The Morgan fingerprint density at radius 3 is 2.35 bits per heavy atom. The summed E-state index contributed by atoms with van der Waals surface area (Å²) in [6.45, 7) is 8.50. The molecule has 0 fully saturated rings. The van der Waals surface area contributed by atoms with Gasteiger partial charge in [0, 0.05) is 11.9 Å². The molecule has 1 heterocycles. The van der Waals surface area contributed by atoms with Gasteiger partial charge in [0.1, 0.15) is 0 Å². The van der Waals surface area contributed by atoms with Gasteiger partial charge < -0.3 is 0 Å². The summed E-state index contributed by atoms with van der Waals surface area (Å²) in [6, 6.07) is 8.86. The van der Waals surface area contributed by atoms with E-state index in [1.54, 1.807) is 0 Å². The molecule has 1 nitrogen and oxygen atoms in total. The minimum Gasteiger partial charge on any atom is -0.261 e. The van der Waals surface area contributed by atoms with Gasteiger partial charge in [0.25, 0.3) is 0 Å². The largest absolute Gasteiger partial charge is 0.261 e. The zero-order valence-corrected chi connectivity index (χ0v) is 11.0. The van der Waals surface area contributed by atoms with E-state index in [1.807, 2.05) is 13.1 Å². The summed E-state index contributed by atoms with van der Waals surface area (Å²) in [5.74, 6) is 0. The van der Waals surface area contributed by atoms with Gasteiger partial charge in [0.15, 0.2) is 0 Å². The van der Waals surface area contributed by atoms with Crippen molar-refractivity contribution in [3.05, 3.63) is 64.0 Å². The van der Waals surface area contributed by atoms with E-state index in [1.165, 1.54) is 27.8 Å². The van der Waals surface area contributed by atoms with E-state index in [0.717, 1.165) is 12.1 Å². The highest BCUT2D eigenvalue weighted by molar-refractivity contribution is 5.37. The molecule has 0 spiro atoms. The molecular formula is C16H19N. The van der Waals surface area contributed by atoms with Crippen LogP contribution in [0.2, 0.25) is 0 Å². The minimum atomic E-state index is 1.00. The molecule has 2 aromatic rings. The molecule has 0 aliphatic heterocycles. The molecule has 0 N–H and O–H groups in total. The van der Waals surface area contributed by atoms with Crippen LogP contribution in [0, 0.1) is 27.7 Å². The molecule has 0 saturated heterocycles. The van der Waals surface area contributed by atoms with Crippen LogP contribution in [0.4, 0.5) is 0 Å².